The van der Waals surface area contributed by atoms with Gasteiger partial charge in [-0.1, -0.05) is 12.1 Å². The Balaban J connectivity index is 2.19. The quantitative estimate of drug-likeness (QED) is 0.763. The molecule has 2 rings (SSSR count). The predicted octanol–water partition coefficient (Wildman–Crippen LogP) is 1.11. The number of hydrazone groups is 1. The van der Waals surface area contributed by atoms with Gasteiger partial charge in [0.2, 0.25) is 0 Å². The number of hydrogen-bond donors (Lipinski definition) is 2. The van der Waals surface area contributed by atoms with E-state index in [-0.39, 0.29) is 11.7 Å². The second-order valence-corrected chi connectivity index (χ2v) is 3.29. The number of nitrogens with one attached hydrogen (secondary N) is 2. The average Bonchev–Trinajstić information content (AvgIpc) is 2.53. The Kier molecular flexibility index (Phi) is 2.37. The molecule has 4 nitrogen and oxygen atoms in total. The van der Waals surface area contributed by atoms with E-state index in [4.69, 9.17) is 0 Å². The molecule has 0 saturated carbocycles. The highest BCUT2D eigenvalue weighted by Crippen LogP contribution is 2.15. The van der Waals surface area contributed by atoms with Gasteiger partial charge in [0.15, 0.2) is 0 Å². The number of hydrogen-bond acceptors (Lipinski definition) is 3. The molecule has 1 aliphatic heterocycles. The Hall–Kier alpha value is -1.91. The van der Waals surface area contributed by atoms with Crippen LogP contribution in [0.4, 0.5) is 10.1 Å². The number of anilines is 1. The predicted molar refractivity (Wildman–Crippen MR) is 55.1 cm³/mol. The summed E-state index contributed by atoms with van der Waals surface area (Å²) in [6.07, 6.45) is 0. The van der Waals surface area contributed by atoms with Crippen LogP contribution in [-0.4, -0.2) is 17.7 Å². The largest absolute Gasteiger partial charge is 0.367 e. The summed E-state index contributed by atoms with van der Waals surface area (Å²) in [7, 11) is 0. The third-order valence-corrected chi connectivity index (χ3v) is 2.20. The lowest BCUT2D eigenvalue weighted by Crippen LogP contribution is -2.35. The Bertz CT molecular complexity index is 430. The van der Waals surface area contributed by atoms with Crippen molar-refractivity contribution in [1.82, 2.24) is 5.43 Å². The molecule has 1 aromatic carbocycles. The Morgan fingerprint density at radius 1 is 1.47 bits per heavy atom. The molecule has 15 heavy (non-hydrogen) atoms. The van der Waals surface area contributed by atoms with Crippen LogP contribution in [0.25, 0.3) is 0 Å². The standard InChI is InChI=1S/C10H10FN3O/c1-6-9(10(15)14-13-6)12-8-5-3-2-4-7(8)11/h2-5,9,12H,1H3,(H,14,15). The van der Waals surface area contributed by atoms with Crippen LogP contribution in [0, 0.1) is 5.82 Å². The Labute approximate surface area is 86.2 Å². The van der Waals surface area contributed by atoms with Crippen LogP contribution in [0.15, 0.2) is 29.4 Å². The minimum Gasteiger partial charge on any atom is -0.367 e. The summed E-state index contributed by atoms with van der Waals surface area (Å²) in [6, 6.07) is 5.62. The number of nitrogens with zero attached hydrogens (tertiary/aromatic N) is 1. The smallest absolute Gasteiger partial charge is 0.268 e. The van der Waals surface area contributed by atoms with Gasteiger partial charge in [0.1, 0.15) is 11.9 Å². The van der Waals surface area contributed by atoms with Gasteiger partial charge in [0.05, 0.1) is 11.4 Å². The zero-order valence-electron chi connectivity index (χ0n) is 8.12. The molecule has 0 radical (unpaired) electrons. The van der Waals surface area contributed by atoms with Crippen LogP contribution < -0.4 is 10.7 Å². The van der Waals surface area contributed by atoms with Crippen LogP contribution >= 0.6 is 0 Å². The second kappa shape index (κ2) is 3.68. The monoisotopic (exact) mass is 207 g/mol. The van der Waals surface area contributed by atoms with E-state index in [0.717, 1.165) is 0 Å². The average molecular weight is 207 g/mol. The highest BCUT2D eigenvalue weighted by atomic mass is 19.1. The van der Waals surface area contributed by atoms with Gasteiger partial charge in [-0.2, -0.15) is 5.10 Å². The third kappa shape index (κ3) is 1.81. The van der Waals surface area contributed by atoms with Crippen molar-refractivity contribution in [3.05, 3.63) is 30.1 Å². The van der Waals surface area contributed by atoms with Gasteiger partial charge in [-0.05, 0) is 19.1 Å². The fourth-order valence-electron chi connectivity index (χ4n) is 1.37. The van der Waals surface area contributed by atoms with Crippen molar-refractivity contribution in [2.24, 2.45) is 5.10 Å². The SMILES string of the molecule is CC1=NNC(=O)C1Nc1ccccc1F. The molecule has 2 N–H and O–H groups in total. The summed E-state index contributed by atoms with van der Waals surface area (Å²) in [4.78, 5) is 11.3. The van der Waals surface area contributed by atoms with Crippen molar-refractivity contribution in [2.45, 2.75) is 13.0 Å². The molecule has 1 unspecified atom stereocenters. The maximum atomic E-state index is 13.3. The molecule has 0 aliphatic carbocycles. The van der Waals surface area contributed by atoms with Gasteiger partial charge in [-0.25, -0.2) is 9.82 Å². The molecule has 1 aliphatic rings. The van der Waals surface area contributed by atoms with E-state index in [1.54, 1.807) is 25.1 Å². The molecule has 0 spiro atoms. The molecule has 0 saturated heterocycles. The van der Waals surface area contributed by atoms with Gasteiger partial charge in [-0.15, -0.1) is 0 Å². The Morgan fingerprint density at radius 3 is 2.80 bits per heavy atom. The second-order valence-electron chi connectivity index (χ2n) is 3.29. The fourth-order valence-corrected chi connectivity index (χ4v) is 1.37. The lowest BCUT2D eigenvalue weighted by atomic mass is 10.2. The Morgan fingerprint density at radius 2 is 2.20 bits per heavy atom. The van der Waals surface area contributed by atoms with Crippen molar-refractivity contribution in [1.29, 1.82) is 0 Å². The van der Waals surface area contributed by atoms with E-state index in [2.05, 4.69) is 15.8 Å². The van der Waals surface area contributed by atoms with Crippen molar-refractivity contribution in [2.75, 3.05) is 5.32 Å². The summed E-state index contributed by atoms with van der Waals surface area (Å²) in [5.41, 5.74) is 3.22. The molecule has 1 amide bonds. The minimum absolute atomic E-state index is 0.268. The summed E-state index contributed by atoms with van der Waals surface area (Å²) in [6.45, 7) is 1.70. The van der Waals surface area contributed by atoms with Crippen molar-refractivity contribution < 1.29 is 9.18 Å². The van der Waals surface area contributed by atoms with E-state index in [9.17, 15) is 9.18 Å². The number of carbonyl (C=O) groups excluding carboxylic acids is 1. The van der Waals surface area contributed by atoms with E-state index in [0.29, 0.717) is 11.4 Å². The third-order valence-electron chi connectivity index (χ3n) is 2.20. The van der Waals surface area contributed by atoms with Crippen LogP contribution in [0.1, 0.15) is 6.92 Å². The van der Waals surface area contributed by atoms with E-state index < -0.39 is 6.04 Å². The zero-order valence-corrected chi connectivity index (χ0v) is 8.12. The molecule has 5 heteroatoms. The topological polar surface area (TPSA) is 53.5 Å². The zero-order chi connectivity index (χ0) is 10.8. The first-order valence-electron chi connectivity index (χ1n) is 4.53. The van der Waals surface area contributed by atoms with Gasteiger partial charge < -0.3 is 5.32 Å². The number of benzene rings is 1. The molecule has 0 bridgehead atoms. The number of para-hydroxylation sites is 1. The van der Waals surface area contributed by atoms with E-state index in [1.165, 1.54) is 6.07 Å². The first-order chi connectivity index (χ1) is 7.18. The molecule has 1 atom stereocenters. The summed E-state index contributed by atoms with van der Waals surface area (Å²) >= 11 is 0. The van der Waals surface area contributed by atoms with Crippen molar-refractivity contribution >= 4 is 17.3 Å². The maximum Gasteiger partial charge on any atom is 0.268 e. The highest BCUT2D eigenvalue weighted by Gasteiger charge is 2.27. The summed E-state index contributed by atoms with van der Waals surface area (Å²) in [5, 5.41) is 6.55. The van der Waals surface area contributed by atoms with E-state index >= 15 is 0 Å². The van der Waals surface area contributed by atoms with Gasteiger partial charge in [0, 0.05) is 0 Å². The highest BCUT2D eigenvalue weighted by molar-refractivity contribution is 6.12. The van der Waals surface area contributed by atoms with Crippen LogP contribution in [0.2, 0.25) is 0 Å². The fraction of sp³-hybridized carbons (Fsp3) is 0.200. The summed E-state index contributed by atoms with van der Waals surface area (Å²) in [5.74, 6) is -0.652. The number of amides is 1. The normalized spacial score (nSPS) is 19.7. The number of rotatable bonds is 2. The first-order valence-corrected chi connectivity index (χ1v) is 4.53. The molecular formula is C10H10FN3O. The lowest BCUT2D eigenvalue weighted by Gasteiger charge is -2.12. The maximum absolute atomic E-state index is 13.3. The molecule has 1 heterocycles. The van der Waals surface area contributed by atoms with Gasteiger partial charge in [0.25, 0.3) is 5.91 Å². The molecule has 0 aromatic heterocycles. The van der Waals surface area contributed by atoms with Crippen LogP contribution in [0.3, 0.4) is 0 Å². The van der Waals surface area contributed by atoms with Gasteiger partial charge >= 0.3 is 0 Å². The van der Waals surface area contributed by atoms with Crippen molar-refractivity contribution in [3.63, 3.8) is 0 Å². The van der Waals surface area contributed by atoms with Crippen LogP contribution in [0.5, 0.6) is 0 Å². The van der Waals surface area contributed by atoms with E-state index in [1.807, 2.05) is 0 Å². The van der Waals surface area contributed by atoms with Gasteiger partial charge in [-0.3, -0.25) is 4.79 Å². The molecular weight excluding hydrogens is 197 g/mol. The summed E-state index contributed by atoms with van der Waals surface area (Å²) < 4.78 is 13.3. The van der Waals surface area contributed by atoms with Crippen LogP contribution in [-0.2, 0) is 4.79 Å². The molecule has 78 valence electrons. The molecule has 0 fully saturated rings. The number of carbonyl (C=O) groups is 1. The lowest BCUT2D eigenvalue weighted by molar-refractivity contribution is -0.119. The minimum atomic E-state index is -0.582. The van der Waals surface area contributed by atoms with Crippen molar-refractivity contribution in [3.8, 4) is 0 Å². The molecule has 1 aromatic rings. The number of halogens is 1. The first kappa shape index (κ1) is 9.64.